The molecule has 1 amide bonds. The Bertz CT molecular complexity index is 781. The number of benzene rings is 1. The monoisotopic (exact) mass is 345 g/mol. The van der Waals surface area contributed by atoms with Crippen molar-refractivity contribution in [2.24, 2.45) is 0 Å². The number of aryl methyl sites for hydroxylation is 1. The van der Waals surface area contributed by atoms with Gasteiger partial charge in [0.2, 0.25) is 0 Å². The minimum atomic E-state index is -1.10. The van der Waals surface area contributed by atoms with E-state index in [0.29, 0.717) is 12.2 Å². The van der Waals surface area contributed by atoms with Crippen LogP contribution in [0.2, 0.25) is 0 Å². The predicted octanol–water partition coefficient (Wildman–Crippen LogP) is 3.75. The van der Waals surface area contributed by atoms with Crippen LogP contribution in [-0.2, 0) is 6.42 Å². The molecule has 2 aromatic rings. The van der Waals surface area contributed by atoms with Crippen molar-refractivity contribution < 1.29 is 23.5 Å². The summed E-state index contributed by atoms with van der Waals surface area (Å²) in [7, 11) is 0. The van der Waals surface area contributed by atoms with Crippen LogP contribution in [0.1, 0.15) is 64.3 Å². The number of aromatic carboxylic acids is 1. The molecule has 0 radical (unpaired) electrons. The van der Waals surface area contributed by atoms with E-state index in [1.54, 1.807) is 19.1 Å². The lowest BCUT2D eigenvalue weighted by atomic mass is 9.97. The van der Waals surface area contributed by atoms with Crippen molar-refractivity contribution in [2.75, 3.05) is 0 Å². The Labute approximate surface area is 144 Å². The lowest BCUT2D eigenvalue weighted by Gasteiger charge is -2.13. The van der Waals surface area contributed by atoms with Gasteiger partial charge in [0.25, 0.3) is 5.91 Å². The van der Waals surface area contributed by atoms with Crippen molar-refractivity contribution in [3.8, 4) is 0 Å². The van der Waals surface area contributed by atoms with Crippen LogP contribution in [-0.4, -0.2) is 23.0 Å². The first-order valence-electron chi connectivity index (χ1n) is 8.40. The van der Waals surface area contributed by atoms with E-state index in [1.807, 2.05) is 0 Å². The highest BCUT2D eigenvalue weighted by atomic mass is 19.1. The van der Waals surface area contributed by atoms with E-state index in [0.717, 1.165) is 24.8 Å². The van der Waals surface area contributed by atoms with Gasteiger partial charge in [0.15, 0.2) is 5.76 Å². The molecule has 5 nitrogen and oxygen atoms in total. The second-order valence-corrected chi connectivity index (χ2v) is 6.34. The third-order valence-electron chi connectivity index (χ3n) is 4.69. The normalized spacial score (nSPS) is 19.8. The molecule has 2 N–H and O–H groups in total. The molecular weight excluding hydrogens is 325 g/mol. The van der Waals surface area contributed by atoms with Crippen LogP contribution in [0.5, 0.6) is 0 Å². The van der Waals surface area contributed by atoms with Crippen LogP contribution in [0.25, 0.3) is 0 Å². The van der Waals surface area contributed by atoms with E-state index >= 15 is 0 Å². The number of furan rings is 1. The van der Waals surface area contributed by atoms with Crippen LogP contribution in [0, 0.1) is 5.82 Å². The Morgan fingerprint density at radius 2 is 2.00 bits per heavy atom. The Morgan fingerprint density at radius 1 is 1.28 bits per heavy atom. The van der Waals surface area contributed by atoms with Gasteiger partial charge in [0.05, 0.1) is 0 Å². The second-order valence-electron chi connectivity index (χ2n) is 6.34. The highest BCUT2D eigenvalue weighted by molar-refractivity contribution is 5.96. The van der Waals surface area contributed by atoms with Gasteiger partial charge in [-0.2, -0.15) is 0 Å². The van der Waals surface area contributed by atoms with Gasteiger partial charge in [-0.05, 0) is 42.9 Å². The fourth-order valence-electron chi connectivity index (χ4n) is 3.39. The minimum absolute atomic E-state index is 0.00833. The van der Waals surface area contributed by atoms with Gasteiger partial charge in [0, 0.05) is 18.5 Å². The summed E-state index contributed by atoms with van der Waals surface area (Å²) in [5, 5.41) is 12.0. The quantitative estimate of drug-likeness (QED) is 0.865. The molecule has 1 fully saturated rings. The molecule has 0 saturated heterocycles. The summed E-state index contributed by atoms with van der Waals surface area (Å²) in [5.74, 6) is -1.15. The average molecular weight is 345 g/mol. The molecule has 2 unspecified atom stereocenters. The molecule has 1 aliphatic carbocycles. The lowest BCUT2D eigenvalue weighted by Crippen LogP contribution is -2.32. The number of carboxylic acids is 1. The van der Waals surface area contributed by atoms with Crippen molar-refractivity contribution in [3.05, 3.63) is 58.8 Å². The largest absolute Gasteiger partial charge is 0.478 e. The third-order valence-corrected chi connectivity index (χ3v) is 4.69. The molecule has 1 heterocycles. The van der Waals surface area contributed by atoms with E-state index in [2.05, 4.69) is 5.32 Å². The standard InChI is InChI=1S/C19H20FNO4/c1-2-16-15(19(23)24)10-17(25-16)18(22)21-14-8-5-12(9-14)11-3-6-13(20)7-4-11/h3-4,6-7,10,12,14H,2,5,8-9H2,1H3,(H,21,22)(H,23,24). The number of carboxylic acid groups (broad SMARTS) is 1. The first kappa shape index (κ1) is 17.2. The SMILES string of the molecule is CCc1oc(C(=O)NC2CCC(c3ccc(F)cc3)C2)cc1C(=O)O. The molecule has 1 aromatic heterocycles. The molecule has 2 atom stereocenters. The first-order chi connectivity index (χ1) is 12.0. The lowest BCUT2D eigenvalue weighted by molar-refractivity contribution is 0.0694. The third kappa shape index (κ3) is 3.73. The first-order valence-corrected chi connectivity index (χ1v) is 8.40. The number of rotatable bonds is 5. The van der Waals surface area contributed by atoms with Crippen molar-refractivity contribution in [1.82, 2.24) is 5.32 Å². The molecule has 25 heavy (non-hydrogen) atoms. The van der Waals surface area contributed by atoms with Crippen LogP contribution in [0.15, 0.2) is 34.7 Å². The topological polar surface area (TPSA) is 79.5 Å². The van der Waals surface area contributed by atoms with Crippen LogP contribution < -0.4 is 5.32 Å². The number of carbonyl (C=O) groups is 2. The van der Waals surface area contributed by atoms with E-state index in [9.17, 15) is 14.0 Å². The number of amides is 1. The fourth-order valence-corrected chi connectivity index (χ4v) is 3.39. The van der Waals surface area contributed by atoms with Gasteiger partial charge >= 0.3 is 5.97 Å². The minimum Gasteiger partial charge on any atom is -0.478 e. The van der Waals surface area contributed by atoms with E-state index in [-0.39, 0.29) is 29.1 Å². The molecule has 0 spiro atoms. The molecule has 0 bridgehead atoms. The van der Waals surface area contributed by atoms with Gasteiger partial charge in [-0.15, -0.1) is 0 Å². The van der Waals surface area contributed by atoms with Crippen LogP contribution in [0.4, 0.5) is 4.39 Å². The van der Waals surface area contributed by atoms with Crippen molar-refractivity contribution in [1.29, 1.82) is 0 Å². The van der Waals surface area contributed by atoms with Crippen LogP contribution in [0.3, 0.4) is 0 Å². The summed E-state index contributed by atoms with van der Waals surface area (Å²) in [6.45, 7) is 1.78. The van der Waals surface area contributed by atoms with Gasteiger partial charge < -0.3 is 14.8 Å². The van der Waals surface area contributed by atoms with E-state index < -0.39 is 11.9 Å². The Hall–Kier alpha value is -2.63. The summed E-state index contributed by atoms with van der Waals surface area (Å²) in [6, 6.07) is 7.73. The van der Waals surface area contributed by atoms with Crippen molar-refractivity contribution in [3.63, 3.8) is 0 Å². The summed E-state index contributed by atoms with van der Waals surface area (Å²) in [5.41, 5.74) is 1.10. The molecule has 6 heteroatoms. The number of hydrogen-bond acceptors (Lipinski definition) is 3. The van der Waals surface area contributed by atoms with Crippen molar-refractivity contribution >= 4 is 11.9 Å². The molecule has 3 rings (SSSR count). The zero-order valence-electron chi connectivity index (χ0n) is 13.9. The van der Waals surface area contributed by atoms with Gasteiger partial charge in [0.1, 0.15) is 17.1 Å². The highest BCUT2D eigenvalue weighted by Crippen LogP contribution is 2.34. The van der Waals surface area contributed by atoms with Crippen molar-refractivity contribution in [2.45, 2.75) is 44.6 Å². The molecule has 0 aliphatic heterocycles. The smallest absolute Gasteiger partial charge is 0.339 e. The molecular formula is C19H20FNO4. The Balaban J connectivity index is 1.64. The van der Waals surface area contributed by atoms with E-state index in [4.69, 9.17) is 9.52 Å². The predicted molar refractivity (Wildman–Crippen MR) is 89.3 cm³/mol. The number of halogens is 1. The number of nitrogens with one attached hydrogen (secondary N) is 1. The van der Waals surface area contributed by atoms with Crippen LogP contribution >= 0.6 is 0 Å². The maximum atomic E-state index is 13.0. The van der Waals surface area contributed by atoms with Gasteiger partial charge in [-0.3, -0.25) is 4.79 Å². The molecule has 1 aliphatic rings. The zero-order chi connectivity index (χ0) is 18.0. The highest BCUT2D eigenvalue weighted by Gasteiger charge is 2.28. The number of hydrogen-bond donors (Lipinski definition) is 2. The Morgan fingerprint density at radius 3 is 2.60 bits per heavy atom. The Kier molecular flexibility index (Phi) is 4.88. The van der Waals surface area contributed by atoms with Gasteiger partial charge in [-0.25, -0.2) is 9.18 Å². The summed E-state index contributed by atoms with van der Waals surface area (Å²) < 4.78 is 18.4. The number of carbonyl (C=O) groups excluding carboxylic acids is 1. The maximum absolute atomic E-state index is 13.0. The molecule has 132 valence electrons. The fraction of sp³-hybridized carbons (Fsp3) is 0.368. The molecule has 1 saturated carbocycles. The summed E-state index contributed by atoms with van der Waals surface area (Å²) >= 11 is 0. The van der Waals surface area contributed by atoms with E-state index in [1.165, 1.54) is 18.2 Å². The summed E-state index contributed by atoms with van der Waals surface area (Å²) in [6.07, 6.45) is 2.91. The summed E-state index contributed by atoms with van der Waals surface area (Å²) in [4.78, 5) is 23.5. The zero-order valence-corrected chi connectivity index (χ0v) is 13.9. The maximum Gasteiger partial charge on any atom is 0.339 e. The molecule has 1 aromatic carbocycles. The second kappa shape index (κ2) is 7.09. The van der Waals surface area contributed by atoms with Gasteiger partial charge in [-0.1, -0.05) is 19.1 Å². The average Bonchev–Trinajstić information content (AvgIpc) is 3.22.